The maximum atomic E-state index is 12.2. The Morgan fingerprint density at radius 2 is 2.33 bits per heavy atom. The van der Waals surface area contributed by atoms with E-state index in [-0.39, 0.29) is 6.04 Å². The number of Topliss-reactive ketones (excluding diaryl/α,β-unsaturated/α-hetero) is 1. The van der Waals surface area contributed by atoms with Crippen molar-refractivity contribution in [1.29, 1.82) is 0 Å². The van der Waals surface area contributed by atoms with E-state index in [1.165, 1.54) is 19.3 Å². The third-order valence-electron chi connectivity index (χ3n) is 3.10. The average molecular weight is 225 g/mol. The van der Waals surface area contributed by atoms with Crippen molar-refractivity contribution < 1.29 is 4.79 Å². The van der Waals surface area contributed by atoms with Crippen LogP contribution in [0.2, 0.25) is 0 Å². The Labute approximate surface area is 95.9 Å². The first kappa shape index (κ1) is 11.2. The van der Waals surface area contributed by atoms with Crippen molar-refractivity contribution in [1.82, 2.24) is 5.32 Å². The molecule has 1 fully saturated rings. The van der Waals surface area contributed by atoms with Crippen molar-refractivity contribution in [3.05, 3.63) is 11.6 Å². The van der Waals surface area contributed by atoms with Gasteiger partial charge in [0, 0.05) is 18.1 Å². The molecule has 0 aromatic carbocycles. The molecule has 1 N–H and O–H groups in total. The highest BCUT2D eigenvalue weighted by Gasteiger charge is 2.23. The fourth-order valence-electron chi connectivity index (χ4n) is 2.20. The topological polar surface area (TPSA) is 29.1 Å². The molecule has 2 aliphatic rings. The van der Waals surface area contributed by atoms with E-state index in [1.807, 2.05) is 11.8 Å². The predicted molar refractivity (Wildman–Crippen MR) is 65.3 cm³/mol. The Morgan fingerprint density at radius 1 is 1.40 bits per heavy atom. The van der Waals surface area contributed by atoms with Crippen LogP contribution in [0.1, 0.15) is 32.1 Å². The van der Waals surface area contributed by atoms with Crippen LogP contribution in [0.3, 0.4) is 0 Å². The molecule has 0 aromatic rings. The molecule has 0 bridgehead atoms. The Kier molecular flexibility index (Phi) is 4.27. The van der Waals surface area contributed by atoms with Crippen LogP contribution in [-0.4, -0.2) is 29.9 Å². The van der Waals surface area contributed by atoms with Gasteiger partial charge in [-0.15, -0.1) is 0 Å². The van der Waals surface area contributed by atoms with E-state index in [1.54, 1.807) is 0 Å². The van der Waals surface area contributed by atoms with Crippen molar-refractivity contribution in [3.8, 4) is 0 Å². The summed E-state index contributed by atoms with van der Waals surface area (Å²) in [5, 5.41) is 3.33. The minimum absolute atomic E-state index is 0.0908. The van der Waals surface area contributed by atoms with Gasteiger partial charge < -0.3 is 5.32 Å². The van der Waals surface area contributed by atoms with Crippen LogP contribution in [0.25, 0.3) is 0 Å². The zero-order valence-electron chi connectivity index (χ0n) is 9.13. The van der Waals surface area contributed by atoms with Gasteiger partial charge in [0.2, 0.25) is 0 Å². The number of ketones is 1. The Bertz CT molecular complexity index is 256. The predicted octanol–water partition coefficient (Wildman–Crippen LogP) is 2.15. The number of nitrogens with one attached hydrogen (secondary N) is 1. The smallest absolute Gasteiger partial charge is 0.176 e. The highest BCUT2D eigenvalue weighted by molar-refractivity contribution is 7.99. The normalized spacial score (nSPS) is 28.0. The second-order valence-corrected chi connectivity index (χ2v) is 5.42. The van der Waals surface area contributed by atoms with Gasteiger partial charge in [0.05, 0.1) is 6.04 Å². The number of rotatable bonds is 2. The van der Waals surface area contributed by atoms with Crippen LogP contribution in [0.4, 0.5) is 0 Å². The summed E-state index contributed by atoms with van der Waals surface area (Å²) in [6.07, 6.45) is 8.00. The SMILES string of the molecule is O=C(C1=CCCCCC1)C1CSCCN1. The molecular formula is C12H19NOS. The Hall–Kier alpha value is -0.280. The zero-order valence-corrected chi connectivity index (χ0v) is 9.94. The van der Waals surface area contributed by atoms with Gasteiger partial charge in [-0.1, -0.05) is 12.5 Å². The van der Waals surface area contributed by atoms with Crippen molar-refractivity contribution in [2.45, 2.75) is 38.1 Å². The molecular weight excluding hydrogens is 206 g/mol. The highest BCUT2D eigenvalue weighted by Crippen LogP contribution is 2.20. The van der Waals surface area contributed by atoms with Gasteiger partial charge in [-0.05, 0) is 31.3 Å². The second-order valence-electron chi connectivity index (χ2n) is 4.27. The molecule has 84 valence electrons. The summed E-state index contributed by atoms with van der Waals surface area (Å²) in [6.45, 7) is 0.981. The summed E-state index contributed by atoms with van der Waals surface area (Å²) in [5.74, 6) is 2.46. The van der Waals surface area contributed by atoms with Crippen molar-refractivity contribution in [3.63, 3.8) is 0 Å². The first-order valence-corrected chi connectivity index (χ1v) is 7.08. The first-order chi connectivity index (χ1) is 7.38. The molecule has 1 heterocycles. The number of hydrogen-bond donors (Lipinski definition) is 1. The molecule has 0 spiro atoms. The number of carbonyl (C=O) groups excluding carboxylic acids is 1. The van der Waals surface area contributed by atoms with Crippen LogP contribution < -0.4 is 5.32 Å². The van der Waals surface area contributed by atoms with Crippen molar-refractivity contribution >= 4 is 17.5 Å². The average Bonchev–Trinajstić information content (AvgIpc) is 2.58. The molecule has 0 radical (unpaired) electrons. The van der Waals surface area contributed by atoms with Crippen molar-refractivity contribution in [2.75, 3.05) is 18.1 Å². The molecule has 1 unspecified atom stereocenters. The number of thioether (sulfide) groups is 1. The molecule has 0 saturated carbocycles. The summed E-state index contributed by atoms with van der Waals surface area (Å²) < 4.78 is 0. The molecule has 1 saturated heterocycles. The third-order valence-corrected chi connectivity index (χ3v) is 4.16. The molecule has 1 atom stereocenters. The Balaban J connectivity index is 1.95. The molecule has 15 heavy (non-hydrogen) atoms. The van der Waals surface area contributed by atoms with Crippen LogP contribution in [0.15, 0.2) is 11.6 Å². The summed E-state index contributed by atoms with van der Waals surface area (Å²) in [5.41, 5.74) is 1.09. The maximum absolute atomic E-state index is 12.2. The van der Waals surface area contributed by atoms with Crippen molar-refractivity contribution in [2.24, 2.45) is 0 Å². The van der Waals surface area contributed by atoms with E-state index in [0.717, 1.165) is 36.5 Å². The van der Waals surface area contributed by atoms with E-state index < -0.39 is 0 Å². The van der Waals surface area contributed by atoms with E-state index in [4.69, 9.17) is 0 Å². The van der Waals surface area contributed by atoms with Crippen LogP contribution >= 0.6 is 11.8 Å². The van der Waals surface area contributed by atoms with Gasteiger partial charge >= 0.3 is 0 Å². The van der Waals surface area contributed by atoms with Crippen LogP contribution in [-0.2, 0) is 4.79 Å². The summed E-state index contributed by atoms with van der Waals surface area (Å²) >= 11 is 1.89. The van der Waals surface area contributed by atoms with E-state index in [2.05, 4.69) is 11.4 Å². The second kappa shape index (κ2) is 5.71. The van der Waals surface area contributed by atoms with Gasteiger partial charge in [-0.25, -0.2) is 0 Å². The molecule has 0 amide bonds. The molecule has 2 nitrogen and oxygen atoms in total. The summed E-state index contributed by atoms with van der Waals surface area (Å²) in [7, 11) is 0. The monoisotopic (exact) mass is 225 g/mol. The lowest BCUT2D eigenvalue weighted by Gasteiger charge is -2.22. The summed E-state index contributed by atoms with van der Waals surface area (Å²) in [4.78, 5) is 12.2. The Morgan fingerprint density at radius 3 is 3.13 bits per heavy atom. The lowest BCUT2D eigenvalue weighted by atomic mass is 10.0. The lowest BCUT2D eigenvalue weighted by molar-refractivity contribution is -0.117. The van der Waals surface area contributed by atoms with Gasteiger partial charge in [-0.3, -0.25) is 4.79 Å². The first-order valence-electron chi connectivity index (χ1n) is 5.92. The van der Waals surface area contributed by atoms with Crippen LogP contribution in [0, 0.1) is 0 Å². The quantitative estimate of drug-likeness (QED) is 0.781. The maximum Gasteiger partial charge on any atom is 0.176 e. The van der Waals surface area contributed by atoms with Gasteiger partial charge in [0.1, 0.15) is 0 Å². The highest BCUT2D eigenvalue weighted by atomic mass is 32.2. The number of allylic oxidation sites excluding steroid dienone is 1. The number of hydrogen-bond acceptors (Lipinski definition) is 3. The van der Waals surface area contributed by atoms with E-state index in [9.17, 15) is 4.79 Å². The van der Waals surface area contributed by atoms with Crippen LogP contribution in [0.5, 0.6) is 0 Å². The minimum Gasteiger partial charge on any atom is -0.306 e. The summed E-state index contributed by atoms with van der Waals surface area (Å²) in [6, 6.07) is 0.0908. The molecule has 1 aliphatic carbocycles. The largest absolute Gasteiger partial charge is 0.306 e. The molecule has 1 aliphatic heterocycles. The van der Waals surface area contributed by atoms with E-state index >= 15 is 0 Å². The van der Waals surface area contributed by atoms with E-state index in [0.29, 0.717) is 5.78 Å². The standard InChI is InChI=1S/C12H19NOS/c14-12(11-9-15-8-7-13-11)10-5-3-1-2-4-6-10/h5,11,13H,1-4,6-9H2. The zero-order chi connectivity index (χ0) is 10.5. The fraction of sp³-hybridized carbons (Fsp3) is 0.750. The lowest BCUT2D eigenvalue weighted by Crippen LogP contribution is -2.44. The number of carbonyl (C=O) groups is 1. The third kappa shape index (κ3) is 3.08. The van der Waals surface area contributed by atoms with Gasteiger partial charge in [0.15, 0.2) is 5.78 Å². The fourth-order valence-corrected chi connectivity index (χ4v) is 3.13. The van der Waals surface area contributed by atoms with Gasteiger partial charge in [-0.2, -0.15) is 11.8 Å². The van der Waals surface area contributed by atoms with Gasteiger partial charge in [0.25, 0.3) is 0 Å². The molecule has 2 rings (SSSR count). The molecule has 0 aromatic heterocycles. The minimum atomic E-state index is 0.0908. The molecule has 3 heteroatoms.